The van der Waals surface area contributed by atoms with Crippen LogP contribution in [-0.2, 0) is 19.1 Å². The molecule has 118 valence electrons. The van der Waals surface area contributed by atoms with Gasteiger partial charge < -0.3 is 26.0 Å². The number of rotatable bonds is 5. The van der Waals surface area contributed by atoms with Gasteiger partial charge in [0.2, 0.25) is 5.91 Å². The van der Waals surface area contributed by atoms with Gasteiger partial charge in [-0.25, -0.2) is 4.79 Å². The fraction of sp³-hybridized carbons (Fsp3) is 0.769. The molecule has 1 saturated heterocycles. The van der Waals surface area contributed by atoms with Gasteiger partial charge in [0.1, 0.15) is 11.6 Å². The molecule has 1 amide bonds. The van der Waals surface area contributed by atoms with Crippen molar-refractivity contribution in [2.45, 2.75) is 44.4 Å². The van der Waals surface area contributed by atoms with Crippen molar-refractivity contribution in [3.05, 3.63) is 0 Å². The number of hydrogen-bond acceptors (Lipinski definition) is 5. The fourth-order valence-corrected chi connectivity index (χ4v) is 3.50. The zero-order valence-electron chi connectivity index (χ0n) is 12.0. The number of carbonyl (C=O) groups is 3. The van der Waals surface area contributed by atoms with Crippen LogP contribution < -0.4 is 11.1 Å². The number of aliphatic carboxylic acids is 2. The third kappa shape index (κ3) is 2.18. The first-order valence-corrected chi connectivity index (χ1v) is 6.78. The average Bonchev–Trinajstić information content (AvgIpc) is 2.84. The van der Waals surface area contributed by atoms with Crippen molar-refractivity contribution < 1.29 is 29.3 Å². The Balaban J connectivity index is 2.15. The number of carboxylic acid groups (broad SMARTS) is 2. The van der Waals surface area contributed by atoms with E-state index in [2.05, 4.69) is 5.32 Å². The van der Waals surface area contributed by atoms with Gasteiger partial charge in [-0.3, -0.25) is 9.59 Å². The van der Waals surface area contributed by atoms with Gasteiger partial charge >= 0.3 is 11.9 Å². The molecule has 4 atom stereocenters. The highest BCUT2D eigenvalue weighted by Crippen LogP contribution is 2.58. The molecule has 5 N–H and O–H groups in total. The van der Waals surface area contributed by atoms with Gasteiger partial charge in [-0.1, -0.05) is 13.8 Å². The minimum atomic E-state index is -1.49. The highest BCUT2D eigenvalue weighted by molar-refractivity contribution is 5.93. The molecule has 4 unspecified atom stereocenters. The standard InChI is InChI=1S/C13H20N2O6/c1-12(2)9-6(3-4-21-9)13(12,14)11(20)15-7(10(18)19)5-8(16)17/h6-7,9H,3-5,14H2,1-2H3,(H,15,20)(H,16,17)(H,18,19). The van der Waals surface area contributed by atoms with Gasteiger partial charge in [-0.05, 0) is 6.42 Å². The van der Waals surface area contributed by atoms with Gasteiger partial charge in [0.05, 0.1) is 12.5 Å². The number of nitrogens with one attached hydrogen (secondary N) is 1. The summed E-state index contributed by atoms with van der Waals surface area (Å²) < 4.78 is 5.56. The third-order valence-electron chi connectivity index (χ3n) is 4.81. The van der Waals surface area contributed by atoms with Crippen molar-refractivity contribution in [3.8, 4) is 0 Å². The molecule has 0 bridgehead atoms. The molecule has 2 aliphatic rings. The van der Waals surface area contributed by atoms with Crippen molar-refractivity contribution in [2.24, 2.45) is 17.1 Å². The quantitative estimate of drug-likeness (QED) is 0.520. The number of amides is 1. The molecule has 1 aliphatic carbocycles. The van der Waals surface area contributed by atoms with Crippen LogP contribution in [0.2, 0.25) is 0 Å². The topological polar surface area (TPSA) is 139 Å². The first-order valence-electron chi connectivity index (χ1n) is 6.78. The van der Waals surface area contributed by atoms with Gasteiger partial charge in [0.15, 0.2) is 0 Å². The molecule has 0 aromatic heterocycles. The Labute approximate surface area is 121 Å². The lowest BCUT2D eigenvalue weighted by atomic mass is 9.48. The van der Waals surface area contributed by atoms with Crippen LogP contribution in [0.4, 0.5) is 0 Å². The van der Waals surface area contributed by atoms with E-state index >= 15 is 0 Å². The zero-order chi connectivity index (χ0) is 16.0. The Kier molecular flexibility index (Phi) is 3.71. The average molecular weight is 300 g/mol. The summed E-state index contributed by atoms with van der Waals surface area (Å²) in [4.78, 5) is 34.2. The van der Waals surface area contributed by atoms with E-state index in [0.29, 0.717) is 13.0 Å². The summed E-state index contributed by atoms with van der Waals surface area (Å²) in [6, 6.07) is -1.49. The highest BCUT2D eigenvalue weighted by Gasteiger charge is 2.71. The van der Waals surface area contributed by atoms with Crippen LogP contribution >= 0.6 is 0 Å². The van der Waals surface area contributed by atoms with Crippen molar-refractivity contribution in [3.63, 3.8) is 0 Å². The molecule has 2 rings (SSSR count). The van der Waals surface area contributed by atoms with Gasteiger partial charge in [-0.15, -0.1) is 0 Å². The van der Waals surface area contributed by atoms with Gasteiger partial charge in [-0.2, -0.15) is 0 Å². The van der Waals surface area contributed by atoms with Crippen LogP contribution in [-0.4, -0.2) is 52.4 Å². The predicted molar refractivity (Wildman–Crippen MR) is 70.4 cm³/mol. The molecular weight excluding hydrogens is 280 g/mol. The SMILES string of the molecule is CC1(C)C2OCCC2C1(N)C(=O)NC(CC(=O)O)C(=O)O. The lowest BCUT2D eigenvalue weighted by Crippen LogP contribution is -2.80. The van der Waals surface area contributed by atoms with Crippen molar-refractivity contribution in [1.82, 2.24) is 5.32 Å². The number of ether oxygens (including phenoxy) is 1. The van der Waals surface area contributed by atoms with E-state index in [9.17, 15) is 14.4 Å². The van der Waals surface area contributed by atoms with E-state index in [1.165, 1.54) is 0 Å². The van der Waals surface area contributed by atoms with Gasteiger partial charge in [0, 0.05) is 17.9 Å². The molecule has 0 aromatic carbocycles. The lowest BCUT2D eigenvalue weighted by Gasteiger charge is -2.60. The van der Waals surface area contributed by atoms with Crippen molar-refractivity contribution >= 4 is 17.8 Å². The summed E-state index contributed by atoms with van der Waals surface area (Å²) >= 11 is 0. The maximum absolute atomic E-state index is 12.5. The third-order valence-corrected chi connectivity index (χ3v) is 4.81. The van der Waals surface area contributed by atoms with Crippen LogP contribution in [0.15, 0.2) is 0 Å². The summed E-state index contributed by atoms with van der Waals surface area (Å²) in [7, 11) is 0. The number of fused-ring (bicyclic) bond motifs is 1. The molecule has 2 fully saturated rings. The maximum Gasteiger partial charge on any atom is 0.326 e. The van der Waals surface area contributed by atoms with Gasteiger partial charge in [0.25, 0.3) is 0 Å². The number of carbonyl (C=O) groups excluding carboxylic acids is 1. The number of hydrogen-bond donors (Lipinski definition) is 4. The fourth-order valence-electron chi connectivity index (χ4n) is 3.50. The Bertz CT molecular complexity index is 491. The Morgan fingerprint density at radius 1 is 1.38 bits per heavy atom. The minimum absolute atomic E-state index is 0.129. The largest absolute Gasteiger partial charge is 0.481 e. The number of nitrogens with two attached hydrogens (primary N) is 1. The predicted octanol–water partition coefficient (Wildman–Crippen LogP) is -0.827. The van der Waals surface area contributed by atoms with E-state index in [1.54, 1.807) is 13.8 Å². The Morgan fingerprint density at radius 2 is 2.00 bits per heavy atom. The molecule has 1 heterocycles. The van der Waals surface area contributed by atoms with Crippen LogP contribution in [0.1, 0.15) is 26.7 Å². The van der Waals surface area contributed by atoms with E-state index < -0.39 is 41.3 Å². The first kappa shape index (κ1) is 15.7. The number of carboxylic acids is 2. The van der Waals surface area contributed by atoms with Crippen molar-refractivity contribution in [1.29, 1.82) is 0 Å². The molecule has 8 heteroatoms. The summed E-state index contributed by atoms with van der Waals surface area (Å²) in [5.41, 5.74) is 4.37. The Hall–Kier alpha value is -1.67. The second-order valence-corrected chi connectivity index (χ2v) is 6.24. The summed E-state index contributed by atoms with van der Waals surface area (Å²) in [5, 5.41) is 20.0. The minimum Gasteiger partial charge on any atom is -0.481 e. The molecule has 1 aliphatic heterocycles. The molecule has 0 spiro atoms. The smallest absolute Gasteiger partial charge is 0.326 e. The normalized spacial score (nSPS) is 34.4. The summed E-state index contributed by atoms with van der Waals surface area (Å²) in [6.45, 7) is 4.11. The second-order valence-electron chi connectivity index (χ2n) is 6.24. The van der Waals surface area contributed by atoms with E-state index in [-0.39, 0.29) is 12.0 Å². The lowest BCUT2D eigenvalue weighted by molar-refractivity contribution is -0.177. The zero-order valence-corrected chi connectivity index (χ0v) is 12.0. The summed E-state index contributed by atoms with van der Waals surface area (Å²) in [6.07, 6.45) is -0.187. The maximum atomic E-state index is 12.5. The highest BCUT2D eigenvalue weighted by atomic mass is 16.5. The molecule has 1 saturated carbocycles. The van der Waals surface area contributed by atoms with Crippen LogP contribution in [0.5, 0.6) is 0 Å². The first-order chi connectivity index (χ1) is 9.62. The molecular formula is C13H20N2O6. The van der Waals surface area contributed by atoms with Crippen molar-refractivity contribution in [2.75, 3.05) is 6.61 Å². The monoisotopic (exact) mass is 300 g/mol. The second kappa shape index (κ2) is 4.96. The van der Waals surface area contributed by atoms with E-state index in [1.807, 2.05) is 0 Å². The summed E-state index contributed by atoms with van der Waals surface area (Å²) in [5.74, 6) is -3.51. The molecule has 0 radical (unpaired) electrons. The molecule has 21 heavy (non-hydrogen) atoms. The van der Waals surface area contributed by atoms with E-state index in [0.717, 1.165) is 0 Å². The molecule has 8 nitrogen and oxygen atoms in total. The molecule has 0 aromatic rings. The Morgan fingerprint density at radius 3 is 2.52 bits per heavy atom. The van der Waals surface area contributed by atoms with Crippen LogP contribution in [0.25, 0.3) is 0 Å². The van der Waals surface area contributed by atoms with E-state index in [4.69, 9.17) is 20.7 Å². The van der Waals surface area contributed by atoms with Crippen LogP contribution in [0, 0.1) is 11.3 Å². The van der Waals surface area contributed by atoms with Crippen LogP contribution in [0.3, 0.4) is 0 Å².